The number of carbonyl (C=O) groups excluding carboxylic acids is 1. The van der Waals surface area contributed by atoms with Crippen molar-refractivity contribution in [1.82, 2.24) is 9.88 Å². The van der Waals surface area contributed by atoms with E-state index in [0.717, 1.165) is 28.9 Å². The van der Waals surface area contributed by atoms with Gasteiger partial charge in [-0.3, -0.25) is 9.10 Å². The number of Topliss-reactive ketones (excluding diaryl/α,β-unsaturated/α-hetero) is 1. The molecule has 6 aromatic carbocycles. The molecule has 1 heterocycles. The molecule has 0 spiro atoms. The summed E-state index contributed by atoms with van der Waals surface area (Å²) in [6.07, 6.45) is 0. The van der Waals surface area contributed by atoms with Crippen LogP contribution in [0.4, 0.5) is 5.69 Å². The number of aromatic nitrogens is 1. The Hall–Kier alpha value is -5.74. The Balaban J connectivity index is 0.955. The molecular formula is C44H41N3O5S. The van der Waals surface area contributed by atoms with Crippen molar-refractivity contribution in [2.24, 2.45) is 0 Å². The van der Waals surface area contributed by atoms with Gasteiger partial charge in [0.05, 0.1) is 30.9 Å². The summed E-state index contributed by atoms with van der Waals surface area (Å²) < 4.78 is 42.5. The number of hydrogen-bond donors (Lipinski definition) is 1. The molecule has 9 heteroatoms. The van der Waals surface area contributed by atoms with E-state index in [0.29, 0.717) is 24.4 Å². The second-order valence-corrected chi connectivity index (χ2v) is 14.7. The van der Waals surface area contributed by atoms with Crippen LogP contribution in [0, 0.1) is 0 Å². The van der Waals surface area contributed by atoms with Crippen LogP contribution in [-0.2, 0) is 34.5 Å². The molecule has 0 atom stereocenters. The molecule has 1 N–H and O–H groups in total. The number of ether oxygens (including phenoxy) is 2. The molecule has 0 aliphatic carbocycles. The molecule has 0 saturated heterocycles. The summed E-state index contributed by atoms with van der Waals surface area (Å²) in [7, 11) is -3.86. The van der Waals surface area contributed by atoms with Crippen molar-refractivity contribution in [1.29, 1.82) is 0 Å². The third-order valence-electron chi connectivity index (χ3n) is 9.09. The first kappa shape index (κ1) is 35.7. The number of nitrogens with one attached hydrogen (secondary N) is 1. The molecule has 0 radical (unpaired) electrons. The topological polar surface area (TPSA) is 89.9 Å². The lowest BCUT2D eigenvalue weighted by atomic mass is 10.1. The number of ketones is 1. The lowest BCUT2D eigenvalue weighted by molar-refractivity contribution is 0.0990. The van der Waals surface area contributed by atoms with Gasteiger partial charge in [-0.05, 0) is 59.2 Å². The molecule has 0 fully saturated rings. The lowest BCUT2D eigenvalue weighted by Crippen LogP contribution is -2.33. The molecule has 0 amide bonds. The van der Waals surface area contributed by atoms with Gasteiger partial charge < -0.3 is 19.4 Å². The molecule has 0 saturated carbocycles. The van der Waals surface area contributed by atoms with E-state index in [2.05, 4.69) is 70.5 Å². The van der Waals surface area contributed by atoms with Crippen LogP contribution in [0.25, 0.3) is 21.8 Å². The number of carbonyl (C=O) groups is 1. The first-order chi connectivity index (χ1) is 25.9. The van der Waals surface area contributed by atoms with Gasteiger partial charge in [-0.25, -0.2) is 8.42 Å². The minimum absolute atomic E-state index is 0.105. The summed E-state index contributed by atoms with van der Waals surface area (Å²) in [4.78, 5) is 13.1. The lowest BCUT2D eigenvalue weighted by Gasteiger charge is -2.25. The predicted molar refractivity (Wildman–Crippen MR) is 212 cm³/mol. The zero-order valence-electron chi connectivity index (χ0n) is 29.3. The van der Waals surface area contributed by atoms with Gasteiger partial charge in [-0.2, -0.15) is 0 Å². The summed E-state index contributed by atoms with van der Waals surface area (Å²) in [5.41, 5.74) is 6.17. The van der Waals surface area contributed by atoms with Gasteiger partial charge in [-0.1, -0.05) is 109 Å². The van der Waals surface area contributed by atoms with E-state index in [-0.39, 0.29) is 25.5 Å². The fourth-order valence-electron chi connectivity index (χ4n) is 6.42. The van der Waals surface area contributed by atoms with E-state index in [1.807, 2.05) is 72.8 Å². The van der Waals surface area contributed by atoms with E-state index in [1.54, 1.807) is 24.3 Å². The summed E-state index contributed by atoms with van der Waals surface area (Å²) >= 11 is 0. The van der Waals surface area contributed by atoms with Crippen LogP contribution in [0.1, 0.15) is 27.0 Å². The van der Waals surface area contributed by atoms with E-state index in [1.165, 1.54) is 26.2 Å². The van der Waals surface area contributed by atoms with Crippen molar-refractivity contribution in [2.75, 3.05) is 29.9 Å². The Morgan fingerprint density at radius 1 is 0.660 bits per heavy atom. The summed E-state index contributed by atoms with van der Waals surface area (Å²) in [5.74, 6) is 0.179. The molecule has 8 nitrogen and oxygen atoms in total. The van der Waals surface area contributed by atoms with E-state index in [4.69, 9.17) is 9.47 Å². The SMILES string of the molecule is O=C(CNCCOc1ccc2c3ccccc3n(Cc3ccccc3)c2c1)c1ccc(N(Cc2ccccc2)S(=O)(=O)COCc2ccccc2)cc1. The van der Waals surface area contributed by atoms with Gasteiger partial charge in [0, 0.05) is 41.0 Å². The Bertz CT molecular complexity index is 2380. The number of hydrogen-bond acceptors (Lipinski definition) is 6. The summed E-state index contributed by atoms with van der Waals surface area (Å²) in [5, 5.41) is 5.57. The molecule has 0 unspecified atom stereocenters. The molecule has 0 bridgehead atoms. The smallest absolute Gasteiger partial charge is 0.259 e. The molecule has 53 heavy (non-hydrogen) atoms. The van der Waals surface area contributed by atoms with Crippen LogP contribution in [-0.4, -0.2) is 44.4 Å². The Labute approximate surface area is 310 Å². The average Bonchev–Trinajstić information content (AvgIpc) is 3.50. The number of rotatable bonds is 17. The van der Waals surface area contributed by atoms with Crippen LogP contribution >= 0.6 is 0 Å². The fourth-order valence-corrected chi connectivity index (χ4v) is 7.63. The number of benzene rings is 6. The van der Waals surface area contributed by atoms with Crippen molar-refractivity contribution in [3.8, 4) is 5.75 Å². The van der Waals surface area contributed by atoms with Gasteiger partial charge in [0.25, 0.3) is 10.0 Å². The van der Waals surface area contributed by atoms with Crippen molar-refractivity contribution < 1.29 is 22.7 Å². The first-order valence-corrected chi connectivity index (χ1v) is 19.2. The van der Waals surface area contributed by atoms with E-state index >= 15 is 0 Å². The van der Waals surface area contributed by atoms with Gasteiger partial charge in [0.1, 0.15) is 12.4 Å². The van der Waals surface area contributed by atoms with Gasteiger partial charge >= 0.3 is 0 Å². The zero-order valence-corrected chi connectivity index (χ0v) is 30.1. The molecule has 0 aliphatic heterocycles. The average molecular weight is 724 g/mol. The highest BCUT2D eigenvalue weighted by Gasteiger charge is 2.24. The number of anilines is 1. The quantitative estimate of drug-likeness (QED) is 0.0753. The summed E-state index contributed by atoms with van der Waals surface area (Å²) in [6.45, 7) is 2.04. The molecule has 7 rings (SSSR count). The Morgan fingerprint density at radius 3 is 2.00 bits per heavy atom. The third-order valence-corrected chi connectivity index (χ3v) is 10.6. The molecule has 1 aromatic heterocycles. The maximum absolute atomic E-state index is 13.6. The van der Waals surface area contributed by atoms with Crippen LogP contribution in [0.2, 0.25) is 0 Å². The highest BCUT2D eigenvalue weighted by Crippen LogP contribution is 2.32. The Kier molecular flexibility index (Phi) is 11.3. The second kappa shape index (κ2) is 16.7. The fraction of sp³-hybridized carbons (Fsp3) is 0.159. The first-order valence-electron chi connectivity index (χ1n) is 17.6. The molecular weight excluding hydrogens is 683 g/mol. The molecule has 7 aromatic rings. The van der Waals surface area contributed by atoms with Crippen LogP contribution in [0.15, 0.2) is 158 Å². The Morgan fingerprint density at radius 2 is 1.28 bits per heavy atom. The minimum atomic E-state index is -3.86. The zero-order chi connectivity index (χ0) is 36.5. The third kappa shape index (κ3) is 8.84. The van der Waals surface area contributed by atoms with Crippen LogP contribution in [0.3, 0.4) is 0 Å². The standard InChI is InChI=1S/C44H41N3O5S/c48-44(29-45-26-27-52-39-24-25-41-40-18-10-11-19-42(40)46(43(41)28-39)30-34-12-4-1-5-13-34)37-20-22-38(23-21-37)47(31-35-14-6-2-7-15-35)53(49,50)33-51-32-36-16-8-3-9-17-36/h1-25,28,45H,26-27,29-33H2. The van der Waals surface area contributed by atoms with Gasteiger partial charge in [0.15, 0.2) is 11.7 Å². The second-order valence-electron chi connectivity index (χ2n) is 12.8. The highest BCUT2D eigenvalue weighted by atomic mass is 32.2. The largest absolute Gasteiger partial charge is 0.492 e. The number of sulfonamides is 1. The van der Waals surface area contributed by atoms with Gasteiger partial charge in [-0.15, -0.1) is 0 Å². The highest BCUT2D eigenvalue weighted by molar-refractivity contribution is 7.92. The van der Waals surface area contributed by atoms with Crippen LogP contribution in [0.5, 0.6) is 5.75 Å². The normalized spacial score (nSPS) is 11.5. The van der Waals surface area contributed by atoms with Crippen molar-refractivity contribution >= 4 is 43.3 Å². The molecule has 268 valence electrons. The maximum Gasteiger partial charge on any atom is 0.259 e. The van der Waals surface area contributed by atoms with Crippen molar-refractivity contribution in [2.45, 2.75) is 19.7 Å². The van der Waals surface area contributed by atoms with E-state index in [9.17, 15) is 13.2 Å². The van der Waals surface area contributed by atoms with Gasteiger partial charge in [0.2, 0.25) is 0 Å². The maximum atomic E-state index is 13.6. The number of para-hydroxylation sites is 1. The predicted octanol–water partition coefficient (Wildman–Crippen LogP) is 8.20. The van der Waals surface area contributed by atoms with Crippen LogP contribution < -0.4 is 14.4 Å². The van der Waals surface area contributed by atoms with Crippen molar-refractivity contribution in [3.63, 3.8) is 0 Å². The monoisotopic (exact) mass is 723 g/mol. The minimum Gasteiger partial charge on any atom is -0.492 e. The van der Waals surface area contributed by atoms with Crippen molar-refractivity contribution in [3.05, 3.63) is 180 Å². The molecule has 0 aliphatic rings. The summed E-state index contributed by atoms with van der Waals surface area (Å²) in [6, 6.07) is 50.5. The number of nitrogens with zero attached hydrogens (tertiary/aromatic N) is 2. The van der Waals surface area contributed by atoms with E-state index < -0.39 is 16.0 Å². The number of fused-ring (bicyclic) bond motifs is 3.